The second kappa shape index (κ2) is 7.41. The van der Waals surface area contributed by atoms with E-state index in [1.54, 1.807) is 11.2 Å². The van der Waals surface area contributed by atoms with Crippen LogP contribution in [0.2, 0.25) is 0 Å². The second-order valence-corrected chi connectivity index (χ2v) is 8.13. The monoisotopic (exact) mass is 309 g/mol. The van der Waals surface area contributed by atoms with Crippen molar-refractivity contribution in [2.24, 2.45) is 0 Å². The van der Waals surface area contributed by atoms with Crippen LogP contribution >= 0.6 is 0 Å². The van der Waals surface area contributed by atoms with E-state index in [-0.39, 0.29) is 11.8 Å². The molecule has 0 fully saturated rings. The van der Waals surface area contributed by atoms with E-state index >= 15 is 0 Å². The molecule has 1 atom stereocenters. The summed E-state index contributed by atoms with van der Waals surface area (Å²) in [5.41, 5.74) is 2.49. The zero-order chi connectivity index (χ0) is 15.3. The summed E-state index contributed by atoms with van der Waals surface area (Å²) in [5, 5.41) is 0. The molecule has 1 aromatic rings. The highest BCUT2D eigenvalue weighted by atomic mass is 32.2. The molecule has 1 aliphatic rings. The van der Waals surface area contributed by atoms with Gasteiger partial charge in [-0.25, -0.2) is 8.42 Å². The predicted molar refractivity (Wildman–Crippen MR) is 87.7 cm³/mol. The Morgan fingerprint density at radius 2 is 1.81 bits per heavy atom. The van der Waals surface area contributed by atoms with Gasteiger partial charge in [0.05, 0.1) is 5.75 Å². The summed E-state index contributed by atoms with van der Waals surface area (Å²) in [6, 6.07) is 8.39. The zero-order valence-electron chi connectivity index (χ0n) is 13.2. The molecule has 0 amide bonds. The van der Waals surface area contributed by atoms with Gasteiger partial charge < -0.3 is 0 Å². The molecule has 0 spiro atoms. The van der Waals surface area contributed by atoms with Crippen LogP contribution < -0.4 is 0 Å². The Hall–Kier alpha value is -0.870. The van der Waals surface area contributed by atoms with Crippen molar-refractivity contribution in [3.05, 3.63) is 35.4 Å². The lowest BCUT2D eigenvalue weighted by molar-refractivity contribution is 0.272. The molecule has 0 saturated heterocycles. The minimum Gasteiger partial charge on any atom is -0.212 e. The molecular formula is C17H27NO2S. The van der Waals surface area contributed by atoms with Gasteiger partial charge in [-0.1, -0.05) is 56.9 Å². The number of rotatable bonds is 7. The summed E-state index contributed by atoms with van der Waals surface area (Å²) in [6.45, 7) is 4.49. The molecule has 21 heavy (non-hydrogen) atoms. The van der Waals surface area contributed by atoms with Gasteiger partial charge in [-0.3, -0.25) is 0 Å². The van der Waals surface area contributed by atoms with Crippen molar-refractivity contribution in [1.82, 2.24) is 4.31 Å². The fourth-order valence-electron chi connectivity index (χ4n) is 3.11. The smallest absolute Gasteiger partial charge is 0.212 e. The molecule has 0 radical (unpaired) electrons. The van der Waals surface area contributed by atoms with Crippen molar-refractivity contribution in [2.45, 2.75) is 65.0 Å². The van der Waals surface area contributed by atoms with E-state index in [1.807, 2.05) is 6.07 Å². The third-order valence-electron chi connectivity index (χ3n) is 4.42. The molecule has 2 rings (SSSR count). The van der Waals surface area contributed by atoms with Crippen molar-refractivity contribution >= 4 is 10.0 Å². The van der Waals surface area contributed by atoms with Crippen LogP contribution in [-0.4, -0.2) is 24.5 Å². The van der Waals surface area contributed by atoms with Gasteiger partial charge in [-0.2, -0.15) is 4.31 Å². The van der Waals surface area contributed by atoms with Gasteiger partial charge in [-0.05, 0) is 30.9 Å². The maximum atomic E-state index is 12.4. The van der Waals surface area contributed by atoms with Crippen LogP contribution in [-0.2, 0) is 23.0 Å². The van der Waals surface area contributed by atoms with E-state index in [0.29, 0.717) is 6.54 Å². The topological polar surface area (TPSA) is 37.4 Å². The molecule has 0 aromatic heterocycles. The van der Waals surface area contributed by atoms with Gasteiger partial charge in [0, 0.05) is 12.6 Å². The van der Waals surface area contributed by atoms with Crippen LogP contribution in [0.5, 0.6) is 0 Å². The van der Waals surface area contributed by atoms with Crippen LogP contribution in [0.1, 0.15) is 57.1 Å². The Morgan fingerprint density at radius 3 is 2.48 bits per heavy atom. The van der Waals surface area contributed by atoms with Crippen molar-refractivity contribution in [1.29, 1.82) is 0 Å². The third-order valence-corrected chi connectivity index (χ3v) is 6.29. The molecule has 0 bridgehead atoms. The van der Waals surface area contributed by atoms with Gasteiger partial charge in [0.25, 0.3) is 0 Å². The van der Waals surface area contributed by atoms with Crippen molar-refractivity contribution < 1.29 is 8.42 Å². The minimum atomic E-state index is -3.12. The Bertz CT molecular complexity index is 554. The number of nitrogens with zero attached hydrogens (tertiary/aromatic N) is 1. The summed E-state index contributed by atoms with van der Waals surface area (Å²) in [5.74, 6) is 0.195. The third kappa shape index (κ3) is 4.07. The normalized spacial score (nSPS) is 19.4. The van der Waals surface area contributed by atoms with Crippen molar-refractivity contribution in [3.63, 3.8) is 0 Å². The molecule has 3 nitrogen and oxygen atoms in total. The first-order valence-corrected chi connectivity index (χ1v) is 9.75. The fourth-order valence-corrected chi connectivity index (χ4v) is 4.41. The summed E-state index contributed by atoms with van der Waals surface area (Å²) in [6.07, 6.45) is 6.62. The molecule has 4 heteroatoms. The van der Waals surface area contributed by atoms with Gasteiger partial charge >= 0.3 is 0 Å². The first-order valence-electron chi connectivity index (χ1n) is 8.14. The van der Waals surface area contributed by atoms with Gasteiger partial charge in [-0.15, -0.1) is 0 Å². The molecule has 0 saturated carbocycles. The van der Waals surface area contributed by atoms with E-state index < -0.39 is 10.0 Å². The van der Waals surface area contributed by atoms with Crippen LogP contribution in [0.3, 0.4) is 0 Å². The number of benzene rings is 1. The van der Waals surface area contributed by atoms with Crippen molar-refractivity contribution in [3.8, 4) is 0 Å². The Balaban J connectivity index is 2.15. The lowest BCUT2D eigenvalue weighted by Crippen LogP contribution is -2.44. The van der Waals surface area contributed by atoms with Gasteiger partial charge in [0.15, 0.2) is 0 Å². The Kier molecular flexibility index (Phi) is 5.82. The fraction of sp³-hybridized carbons (Fsp3) is 0.647. The maximum absolute atomic E-state index is 12.4. The van der Waals surface area contributed by atoms with E-state index in [4.69, 9.17) is 0 Å². The largest absolute Gasteiger partial charge is 0.214 e. The summed E-state index contributed by atoms with van der Waals surface area (Å²) in [7, 11) is -3.12. The molecular weight excluding hydrogens is 282 g/mol. The molecule has 1 aliphatic heterocycles. The van der Waals surface area contributed by atoms with Gasteiger partial charge in [0.1, 0.15) is 0 Å². The molecule has 1 aromatic carbocycles. The highest BCUT2D eigenvalue weighted by Crippen LogP contribution is 2.28. The van der Waals surface area contributed by atoms with Gasteiger partial charge in [0.2, 0.25) is 10.0 Å². The quantitative estimate of drug-likeness (QED) is 0.720. The molecule has 0 N–H and O–H groups in total. The average molecular weight is 309 g/mol. The van der Waals surface area contributed by atoms with E-state index in [9.17, 15) is 8.42 Å². The predicted octanol–water partition coefficient (Wildman–Crippen LogP) is 3.73. The molecule has 1 unspecified atom stereocenters. The molecule has 0 aliphatic carbocycles. The van der Waals surface area contributed by atoms with Crippen LogP contribution in [0, 0.1) is 0 Å². The second-order valence-electron chi connectivity index (χ2n) is 5.92. The number of hydrogen-bond acceptors (Lipinski definition) is 2. The summed E-state index contributed by atoms with van der Waals surface area (Å²) in [4.78, 5) is 0. The highest BCUT2D eigenvalue weighted by molar-refractivity contribution is 7.89. The van der Waals surface area contributed by atoms with E-state index in [2.05, 4.69) is 25.1 Å². The summed E-state index contributed by atoms with van der Waals surface area (Å²) >= 11 is 0. The number of fused-ring (bicyclic) bond motifs is 1. The summed E-state index contributed by atoms with van der Waals surface area (Å²) < 4.78 is 26.5. The van der Waals surface area contributed by atoms with Crippen LogP contribution in [0.15, 0.2) is 24.3 Å². The van der Waals surface area contributed by atoms with Crippen molar-refractivity contribution in [2.75, 3.05) is 5.75 Å². The Morgan fingerprint density at radius 1 is 1.10 bits per heavy atom. The van der Waals surface area contributed by atoms with Crippen LogP contribution in [0.4, 0.5) is 0 Å². The first-order chi connectivity index (χ1) is 10.1. The standard InChI is InChI=1S/C17H27NO2S/c1-3-5-6-7-12-17-13-15-10-8-9-11-16(15)14-18(17)21(19,20)4-2/h8-11,17H,3-7,12-14H2,1-2H3. The minimum absolute atomic E-state index is 0.140. The Labute approximate surface area is 129 Å². The number of hydrogen-bond donors (Lipinski definition) is 0. The lowest BCUT2D eigenvalue weighted by atomic mass is 9.93. The van der Waals surface area contributed by atoms with E-state index in [1.165, 1.54) is 30.4 Å². The molecule has 118 valence electrons. The lowest BCUT2D eigenvalue weighted by Gasteiger charge is -2.36. The number of sulfonamides is 1. The average Bonchev–Trinajstić information content (AvgIpc) is 2.50. The van der Waals surface area contributed by atoms with Crippen LogP contribution in [0.25, 0.3) is 0 Å². The highest BCUT2D eigenvalue weighted by Gasteiger charge is 2.32. The number of unbranched alkanes of at least 4 members (excludes halogenated alkanes) is 3. The molecule has 1 heterocycles. The maximum Gasteiger partial charge on any atom is 0.214 e. The zero-order valence-corrected chi connectivity index (χ0v) is 14.0. The van der Waals surface area contributed by atoms with E-state index in [0.717, 1.165) is 19.3 Å². The SMILES string of the molecule is CCCCCCC1Cc2ccccc2CN1S(=O)(=O)CC. The first kappa shape index (κ1) is 16.5.